The van der Waals surface area contributed by atoms with E-state index in [1.165, 1.54) is 17.3 Å². The molecule has 0 bridgehead atoms. The summed E-state index contributed by atoms with van der Waals surface area (Å²) in [5.74, 6) is 0.225. The smallest absolute Gasteiger partial charge is 0.240 e. The molecule has 2 heterocycles. The third-order valence-electron chi connectivity index (χ3n) is 3.52. The predicted molar refractivity (Wildman–Crippen MR) is 90.4 cm³/mol. The van der Waals surface area contributed by atoms with E-state index in [4.69, 9.17) is 0 Å². The maximum Gasteiger partial charge on any atom is 0.240 e. The molecule has 1 aromatic heterocycles. The van der Waals surface area contributed by atoms with Gasteiger partial charge in [0.1, 0.15) is 6.54 Å². The number of anilines is 1. The Bertz CT molecular complexity index is 712. The molecule has 114 valence electrons. The number of benzene rings is 1. The molecule has 1 N–H and O–H groups in total. The Morgan fingerprint density at radius 2 is 2.14 bits per heavy atom. The van der Waals surface area contributed by atoms with Crippen molar-refractivity contribution in [2.24, 2.45) is 0 Å². The monoisotopic (exact) mass is 332 g/mol. The van der Waals surface area contributed by atoms with Crippen LogP contribution < -0.4 is 10.2 Å². The van der Waals surface area contributed by atoms with Gasteiger partial charge in [-0.3, -0.25) is 9.59 Å². The highest BCUT2D eigenvalue weighted by Crippen LogP contribution is 2.34. The van der Waals surface area contributed by atoms with Gasteiger partial charge in [0.05, 0.1) is 18.0 Å². The lowest BCUT2D eigenvalue weighted by atomic mass is 10.2. The number of thioether (sulfide) groups is 1. The van der Waals surface area contributed by atoms with Crippen molar-refractivity contribution >= 4 is 40.6 Å². The van der Waals surface area contributed by atoms with Crippen molar-refractivity contribution in [2.75, 3.05) is 17.2 Å². The van der Waals surface area contributed by atoms with E-state index in [-0.39, 0.29) is 18.4 Å². The van der Waals surface area contributed by atoms with Crippen LogP contribution in [0.5, 0.6) is 0 Å². The number of nitrogens with zero attached hydrogens (tertiary/aromatic N) is 1. The third-order valence-corrected chi connectivity index (χ3v) is 5.59. The number of para-hydroxylation sites is 1. The lowest BCUT2D eigenvalue weighted by molar-refractivity contribution is -0.123. The van der Waals surface area contributed by atoms with Gasteiger partial charge in [0.15, 0.2) is 0 Å². The Kier molecular flexibility index (Phi) is 4.49. The molecule has 0 fully saturated rings. The van der Waals surface area contributed by atoms with Crippen molar-refractivity contribution in [3.63, 3.8) is 0 Å². The van der Waals surface area contributed by atoms with Gasteiger partial charge in [0.2, 0.25) is 11.8 Å². The Morgan fingerprint density at radius 3 is 2.91 bits per heavy atom. The summed E-state index contributed by atoms with van der Waals surface area (Å²) in [7, 11) is 0. The summed E-state index contributed by atoms with van der Waals surface area (Å²) < 4.78 is 0. The van der Waals surface area contributed by atoms with Crippen LogP contribution in [0.15, 0.2) is 40.6 Å². The Balaban J connectivity index is 1.66. The van der Waals surface area contributed by atoms with Gasteiger partial charge in [0, 0.05) is 9.77 Å². The lowest BCUT2D eigenvalue weighted by Crippen LogP contribution is -2.43. The standard InChI is InChI=1S/C16H16N2O2S2/c1-11-6-7-21-14(11)8-17-15(19)9-18-12-4-2-3-5-13(12)22-10-16(18)20/h2-7H,8-10H2,1H3,(H,17,19). The summed E-state index contributed by atoms with van der Waals surface area (Å²) in [6.07, 6.45) is 0. The summed E-state index contributed by atoms with van der Waals surface area (Å²) in [4.78, 5) is 28.0. The van der Waals surface area contributed by atoms with E-state index < -0.39 is 0 Å². The topological polar surface area (TPSA) is 49.4 Å². The SMILES string of the molecule is Cc1ccsc1CNC(=O)CN1C(=O)CSc2ccccc21. The van der Waals surface area contributed by atoms with E-state index in [2.05, 4.69) is 5.32 Å². The number of carbonyl (C=O) groups is 2. The van der Waals surface area contributed by atoms with Crippen molar-refractivity contribution in [2.45, 2.75) is 18.4 Å². The summed E-state index contributed by atoms with van der Waals surface area (Å²) in [5, 5.41) is 4.91. The molecular weight excluding hydrogens is 316 g/mol. The first-order chi connectivity index (χ1) is 10.6. The number of hydrogen-bond acceptors (Lipinski definition) is 4. The zero-order valence-electron chi connectivity index (χ0n) is 12.2. The van der Waals surface area contributed by atoms with Gasteiger partial charge in [0.25, 0.3) is 0 Å². The number of thiophene rings is 1. The first-order valence-electron chi connectivity index (χ1n) is 6.97. The van der Waals surface area contributed by atoms with E-state index in [1.54, 1.807) is 16.2 Å². The second-order valence-corrected chi connectivity index (χ2v) is 7.06. The highest BCUT2D eigenvalue weighted by atomic mass is 32.2. The Morgan fingerprint density at radius 1 is 1.32 bits per heavy atom. The van der Waals surface area contributed by atoms with Gasteiger partial charge in [-0.15, -0.1) is 23.1 Å². The summed E-state index contributed by atoms with van der Waals surface area (Å²) >= 11 is 3.15. The molecule has 0 atom stereocenters. The number of rotatable bonds is 4. The summed E-state index contributed by atoms with van der Waals surface area (Å²) in [6.45, 7) is 2.61. The molecule has 2 amide bonds. The van der Waals surface area contributed by atoms with Crippen molar-refractivity contribution in [3.8, 4) is 0 Å². The maximum atomic E-state index is 12.2. The number of aryl methyl sites for hydroxylation is 1. The van der Waals surface area contributed by atoms with E-state index >= 15 is 0 Å². The van der Waals surface area contributed by atoms with Crippen LogP contribution in [0, 0.1) is 6.92 Å². The van der Waals surface area contributed by atoms with E-state index in [0.29, 0.717) is 12.3 Å². The maximum absolute atomic E-state index is 12.2. The van der Waals surface area contributed by atoms with E-state index in [0.717, 1.165) is 15.5 Å². The Labute approximate surface area is 137 Å². The minimum Gasteiger partial charge on any atom is -0.350 e. The molecule has 1 aliphatic heterocycles. The molecular formula is C16H16N2O2S2. The number of nitrogens with one attached hydrogen (secondary N) is 1. The fourth-order valence-electron chi connectivity index (χ4n) is 2.29. The normalized spacial score (nSPS) is 13.9. The number of amides is 2. The first-order valence-corrected chi connectivity index (χ1v) is 8.83. The Hall–Kier alpha value is -1.79. The minimum atomic E-state index is -0.136. The minimum absolute atomic E-state index is 0.0221. The van der Waals surface area contributed by atoms with Gasteiger partial charge in [-0.2, -0.15) is 0 Å². The fourth-order valence-corrected chi connectivity index (χ4v) is 4.07. The second-order valence-electron chi connectivity index (χ2n) is 5.04. The van der Waals surface area contributed by atoms with Crippen molar-refractivity contribution in [1.82, 2.24) is 5.32 Å². The summed E-state index contributed by atoms with van der Waals surface area (Å²) in [6, 6.07) is 9.73. The molecule has 0 radical (unpaired) electrons. The van der Waals surface area contributed by atoms with Crippen LogP contribution in [0.2, 0.25) is 0 Å². The quantitative estimate of drug-likeness (QED) is 0.937. The molecule has 6 heteroatoms. The van der Waals surface area contributed by atoms with Gasteiger partial charge < -0.3 is 10.2 Å². The van der Waals surface area contributed by atoms with Crippen LogP contribution >= 0.6 is 23.1 Å². The van der Waals surface area contributed by atoms with Crippen LogP contribution in [0.25, 0.3) is 0 Å². The number of hydrogen-bond donors (Lipinski definition) is 1. The first kappa shape index (κ1) is 15.1. The second kappa shape index (κ2) is 6.54. The van der Waals surface area contributed by atoms with Crippen molar-refractivity contribution in [3.05, 3.63) is 46.2 Å². The molecule has 22 heavy (non-hydrogen) atoms. The van der Waals surface area contributed by atoms with Gasteiger partial charge in [-0.05, 0) is 36.1 Å². The highest BCUT2D eigenvalue weighted by molar-refractivity contribution is 8.00. The molecule has 1 aromatic carbocycles. The molecule has 0 saturated carbocycles. The number of fused-ring (bicyclic) bond motifs is 1. The fraction of sp³-hybridized carbons (Fsp3) is 0.250. The highest BCUT2D eigenvalue weighted by Gasteiger charge is 2.26. The number of carbonyl (C=O) groups excluding carboxylic acids is 2. The van der Waals surface area contributed by atoms with Crippen LogP contribution in [0.1, 0.15) is 10.4 Å². The molecule has 0 saturated heterocycles. The van der Waals surface area contributed by atoms with Gasteiger partial charge in [-0.25, -0.2) is 0 Å². The van der Waals surface area contributed by atoms with Crippen LogP contribution in [-0.2, 0) is 16.1 Å². The van der Waals surface area contributed by atoms with E-state index in [9.17, 15) is 9.59 Å². The lowest BCUT2D eigenvalue weighted by Gasteiger charge is -2.28. The van der Waals surface area contributed by atoms with Crippen LogP contribution in [0.4, 0.5) is 5.69 Å². The van der Waals surface area contributed by atoms with Gasteiger partial charge in [-0.1, -0.05) is 12.1 Å². The average molecular weight is 332 g/mol. The largest absolute Gasteiger partial charge is 0.350 e. The zero-order chi connectivity index (χ0) is 15.5. The van der Waals surface area contributed by atoms with Gasteiger partial charge >= 0.3 is 0 Å². The third kappa shape index (κ3) is 3.18. The van der Waals surface area contributed by atoms with E-state index in [1.807, 2.05) is 42.6 Å². The molecule has 0 spiro atoms. The molecule has 0 unspecified atom stereocenters. The average Bonchev–Trinajstić information content (AvgIpc) is 2.93. The van der Waals surface area contributed by atoms with Crippen LogP contribution in [-0.4, -0.2) is 24.1 Å². The van der Waals surface area contributed by atoms with Crippen LogP contribution in [0.3, 0.4) is 0 Å². The zero-order valence-corrected chi connectivity index (χ0v) is 13.8. The van der Waals surface area contributed by atoms with Crippen molar-refractivity contribution in [1.29, 1.82) is 0 Å². The van der Waals surface area contributed by atoms with Crippen molar-refractivity contribution < 1.29 is 9.59 Å². The predicted octanol–water partition coefficient (Wildman–Crippen LogP) is 2.81. The summed E-state index contributed by atoms with van der Waals surface area (Å²) in [5.41, 5.74) is 2.01. The molecule has 4 nitrogen and oxygen atoms in total. The molecule has 3 rings (SSSR count). The molecule has 0 aliphatic carbocycles. The molecule has 2 aromatic rings. The molecule has 1 aliphatic rings.